The van der Waals surface area contributed by atoms with Gasteiger partial charge in [-0.1, -0.05) is 18.7 Å². The van der Waals surface area contributed by atoms with Crippen molar-refractivity contribution in [2.75, 3.05) is 6.61 Å². The minimum Gasteiger partial charge on any atom is -0.493 e. The predicted molar refractivity (Wildman–Crippen MR) is 54.7 cm³/mol. The van der Waals surface area contributed by atoms with Crippen molar-refractivity contribution in [3.63, 3.8) is 0 Å². The Bertz CT molecular complexity index is 356. The average Bonchev–Trinajstić information content (AvgIpc) is 2.18. The number of aromatic carboxylic acids is 1. The molecule has 0 spiro atoms. The molecule has 0 aromatic heterocycles. The van der Waals surface area contributed by atoms with Crippen LogP contribution < -0.4 is 4.74 Å². The van der Waals surface area contributed by atoms with E-state index in [9.17, 15) is 4.79 Å². The van der Waals surface area contributed by atoms with Gasteiger partial charge in [0.15, 0.2) is 0 Å². The van der Waals surface area contributed by atoms with Crippen LogP contribution in [0.1, 0.15) is 22.8 Å². The standard InChI is InChI=1S/C11H12O3/c1-3-8-5-6-10(14-4-2)9(7-8)11(12)13/h3,5-7H,1,4H2,2H3,(H,12,13). The quantitative estimate of drug-likeness (QED) is 0.796. The van der Waals surface area contributed by atoms with Gasteiger partial charge in [0.25, 0.3) is 0 Å². The number of carboxylic acid groups (broad SMARTS) is 1. The molecule has 3 nitrogen and oxygen atoms in total. The zero-order valence-corrected chi connectivity index (χ0v) is 7.99. The number of rotatable bonds is 4. The average molecular weight is 192 g/mol. The second-order valence-corrected chi connectivity index (χ2v) is 2.70. The van der Waals surface area contributed by atoms with Crippen molar-refractivity contribution < 1.29 is 14.6 Å². The maximum atomic E-state index is 10.9. The molecule has 0 fully saturated rings. The first-order chi connectivity index (χ1) is 6.69. The van der Waals surface area contributed by atoms with Gasteiger partial charge < -0.3 is 9.84 Å². The summed E-state index contributed by atoms with van der Waals surface area (Å²) in [5.74, 6) is -0.595. The normalized spacial score (nSPS) is 9.50. The number of ether oxygens (including phenoxy) is 1. The van der Waals surface area contributed by atoms with Crippen LogP contribution >= 0.6 is 0 Å². The highest BCUT2D eigenvalue weighted by Gasteiger charge is 2.10. The minimum absolute atomic E-state index is 0.171. The molecule has 0 atom stereocenters. The van der Waals surface area contributed by atoms with E-state index < -0.39 is 5.97 Å². The maximum absolute atomic E-state index is 10.9. The molecular weight excluding hydrogens is 180 g/mol. The van der Waals surface area contributed by atoms with E-state index in [0.717, 1.165) is 5.56 Å². The molecule has 1 N–H and O–H groups in total. The molecule has 74 valence electrons. The molecule has 0 heterocycles. The fourth-order valence-corrected chi connectivity index (χ4v) is 1.12. The second-order valence-electron chi connectivity index (χ2n) is 2.70. The smallest absolute Gasteiger partial charge is 0.339 e. The van der Waals surface area contributed by atoms with E-state index in [1.807, 2.05) is 6.92 Å². The fraction of sp³-hybridized carbons (Fsp3) is 0.182. The number of benzene rings is 1. The van der Waals surface area contributed by atoms with Crippen molar-refractivity contribution in [2.45, 2.75) is 6.92 Å². The molecule has 0 radical (unpaired) electrons. The molecule has 0 aliphatic rings. The van der Waals surface area contributed by atoms with E-state index in [1.165, 1.54) is 0 Å². The zero-order valence-electron chi connectivity index (χ0n) is 7.99. The number of hydrogen-bond donors (Lipinski definition) is 1. The van der Waals surface area contributed by atoms with Crippen LogP contribution in [0, 0.1) is 0 Å². The van der Waals surface area contributed by atoms with Gasteiger partial charge in [0.2, 0.25) is 0 Å². The van der Waals surface area contributed by atoms with Gasteiger partial charge in [-0.3, -0.25) is 0 Å². The van der Waals surface area contributed by atoms with Crippen molar-refractivity contribution in [3.05, 3.63) is 35.9 Å². The van der Waals surface area contributed by atoms with Gasteiger partial charge in [-0.25, -0.2) is 4.79 Å². The summed E-state index contributed by atoms with van der Waals surface area (Å²) in [4.78, 5) is 10.9. The van der Waals surface area contributed by atoms with Gasteiger partial charge in [0, 0.05) is 0 Å². The van der Waals surface area contributed by atoms with Crippen molar-refractivity contribution in [3.8, 4) is 5.75 Å². The third-order valence-corrected chi connectivity index (χ3v) is 1.77. The van der Waals surface area contributed by atoms with Crippen molar-refractivity contribution >= 4 is 12.0 Å². The van der Waals surface area contributed by atoms with E-state index >= 15 is 0 Å². The van der Waals surface area contributed by atoms with Crippen molar-refractivity contribution in [1.82, 2.24) is 0 Å². The number of hydrogen-bond acceptors (Lipinski definition) is 2. The number of carbonyl (C=O) groups is 1. The predicted octanol–water partition coefficient (Wildman–Crippen LogP) is 2.43. The topological polar surface area (TPSA) is 46.5 Å². The Morgan fingerprint density at radius 2 is 2.36 bits per heavy atom. The molecule has 3 heteroatoms. The van der Waals surface area contributed by atoms with E-state index in [2.05, 4.69) is 6.58 Å². The molecule has 0 aliphatic carbocycles. The van der Waals surface area contributed by atoms with Crippen molar-refractivity contribution in [2.24, 2.45) is 0 Å². The lowest BCUT2D eigenvalue weighted by molar-refractivity contribution is 0.0692. The summed E-state index contributed by atoms with van der Waals surface area (Å²) in [6.45, 7) is 5.84. The second kappa shape index (κ2) is 4.46. The monoisotopic (exact) mass is 192 g/mol. The summed E-state index contributed by atoms with van der Waals surface area (Å²) in [7, 11) is 0. The van der Waals surface area contributed by atoms with Gasteiger partial charge in [0.05, 0.1) is 6.61 Å². The lowest BCUT2D eigenvalue weighted by Crippen LogP contribution is -2.02. The van der Waals surface area contributed by atoms with Crippen LogP contribution in [0.3, 0.4) is 0 Å². The van der Waals surface area contributed by atoms with Crippen LogP contribution in [-0.4, -0.2) is 17.7 Å². The van der Waals surface area contributed by atoms with E-state index in [1.54, 1.807) is 24.3 Å². The highest BCUT2D eigenvalue weighted by molar-refractivity contribution is 5.91. The molecule has 14 heavy (non-hydrogen) atoms. The lowest BCUT2D eigenvalue weighted by atomic mass is 10.1. The van der Waals surface area contributed by atoms with E-state index in [4.69, 9.17) is 9.84 Å². The highest BCUT2D eigenvalue weighted by atomic mass is 16.5. The first kappa shape index (κ1) is 10.3. The summed E-state index contributed by atoms with van der Waals surface area (Å²) >= 11 is 0. The Kier molecular flexibility index (Phi) is 3.29. The molecule has 1 aromatic carbocycles. The maximum Gasteiger partial charge on any atom is 0.339 e. The molecule has 0 aliphatic heterocycles. The van der Waals surface area contributed by atoms with Crippen LogP contribution in [0.25, 0.3) is 6.08 Å². The van der Waals surface area contributed by atoms with Gasteiger partial charge >= 0.3 is 5.97 Å². The Morgan fingerprint density at radius 1 is 1.64 bits per heavy atom. The van der Waals surface area contributed by atoms with E-state index in [0.29, 0.717) is 12.4 Å². The summed E-state index contributed by atoms with van der Waals surface area (Å²) < 4.78 is 5.18. The largest absolute Gasteiger partial charge is 0.493 e. The van der Waals surface area contributed by atoms with Gasteiger partial charge in [-0.2, -0.15) is 0 Å². The third kappa shape index (κ3) is 2.13. The molecule has 1 aromatic rings. The Morgan fingerprint density at radius 3 is 2.86 bits per heavy atom. The molecular formula is C11H12O3. The van der Waals surface area contributed by atoms with Crippen LogP contribution in [-0.2, 0) is 0 Å². The lowest BCUT2D eigenvalue weighted by Gasteiger charge is -2.07. The Balaban J connectivity index is 3.16. The van der Waals surface area contributed by atoms with Crippen LogP contribution in [0.5, 0.6) is 5.75 Å². The summed E-state index contributed by atoms with van der Waals surface area (Å²) in [5.41, 5.74) is 0.940. The fourth-order valence-electron chi connectivity index (χ4n) is 1.12. The highest BCUT2D eigenvalue weighted by Crippen LogP contribution is 2.20. The number of carboxylic acids is 1. The minimum atomic E-state index is -0.989. The summed E-state index contributed by atoms with van der Waals surface area (Å²) in [6.07, 6.45) is 1.60. The zero-order chi connectivity index (χ0) is 10.6. The van der Waals surface area contributed by atoms with Crippen LogP contribution in [0.15, 0.2) is 24.8 Å². The Hall–Kier alpha value is -1.77. The molecule has 0 amide bonds. The van der Waals surface area contributed by atoms with Crippen molar-refractivity contribution in [1.29, 1.82) is 0 Å². The molecule has 0 bridgehead atoms. The van der Waals surface area contributed by atoms with Gasteiger partial charge in [0.1, 0.15) is 11.3 Å². The van der Waals surface area contributed by atoms with Gasteiger partial charge in [-0.05, 0) is 24.6 Å². The molecule has 1 rings (SSSR count). The third-order valence-electron chi connectivity index (χ3n) is 1.77. The molecule has 0 unspecified atom stereocenters. The molecule has 0 saturated carbocycles. The molecule has 0 saturated heterocycles. The van der Waals surface area contributed by atoms with Crippen LogP contribution in [0.4, 0.5) is 0 Å². The van der Waals surface area contributed by atoms with E-state index in [-0.39, 0.29) is 5.56 Å². The SMILES string of the molecule is C=Cc1ccc(OCC)c(C(=O)O)c1. The first-order valence-electron chi connectivity index (χ1n) is 4.31. The van der Waals surface area contributed by atoms with Gasteiger partial charge in [-0.15, -0.1) is 0 Å². The summed E-state index contributed by atoms with van der Waals surface area (Å²) in [5, 5.41) is 8.90. The first-order valence-corrected chi connectivity index (χ1v) is 4.31. The Labute approximate surface area is 82.6 Å². The summed E-state index contributed by atoms with van der Waals surface area (Å²) in [6, 6.07) is 4.95. The van der Waals surface area contributed by atoms with Crippen LogP contribution in [0.2, 0.25) is 0 Å².